The third kappa shape index (κ3) is 3.51. The van der Waals surface area contributed by atoms with Gasteiger partial charge in [0.25, 0.3) is 0 Å². The summed E-state index contributed by atoms with van der Waals surface area (Å²) in [5.41, 5.74) is 6.55. The first-order chi connectivity index (χ1) is 14.5. The number of nitrogens with one attached hydrogen (secondary N) is 1. The summed E-state index contributed by atoms with van der Waals surface area (Å²) >= 11 is 0. The van der Waals surface area contributed by atoms with Crippen LogP contribution < -0.4 is 0 Å². The molecule has 0 saturated carbocycles. The number of aromatic amines is 1. The van der Waals surface area contributed by atoms with Crippen molar-refractivity contribution in [2.75, 3.05) is 12.8 Å². The summed E-state index contributed by atoms with van der Waals surface area (Å²) in [6.07, 6.45) is 3.52. The molecule has 1 aliphatic heterocycles. The summed E-state index contributed by atoms with van der Waals surface area (Å²) in [5.74, 6) is 0. The molecule has 6 nitrogen and oxygen atoms in total. The van der Waals surface area contributed by atoms with Crippen LogP contribution in [0.5, 0.6) is 0 Å². The molecule has 5 rings (SSSR count). The van der Waals surface area contributed by atoms with Crippen molar-refractivity contribution in [2.45, 2.75) is 24.7 Å². The summed E-state index contributed by atoms with van der Waals surface area (Å²) in [6, 6.07) is 18.8. The molecule has 30 heavy (non-hydrogen) atoms. The topological polar surface area (TPSA) is 79.0 Å². The Hall–Kier alpha value is -3.03. The van der Waals surface area contributed by atoms with E-state index in [0.717, 1.165) is 41.8 Å². The highest BCUT2D eigenvalue weighted by atomic mass is 32.2. The normalized spacial score (nSPS) is 14.7. The van der Waals surface area contributed by atoms with Crippen LogP contribution in [0.2, 0.25) is 0 Å². The lowest BCUT2D eigenvalue weighted by atomic mass is 10.0. The fourth-order valence-electron chi connectivity index (χ4n) is 4.11. The quantitative estimate of drug-likeness (QED) is 0.513. The molecule has 4 aromatic rings. The summed E-state index contributed by atoms with van der Waals surface area (Å²) < 4.78 is 23.5. The molecule has 0 radical (unpaired) electrons. The van der Waals surface area contributed by atoms with Gasteiger partial charge in [0.2, 0.25) is 15.0 Å². The zero-order valence-corrected chi connectivity index (χ0v) is 17.5. The largest absolute Gasteiger partial charge is 0.354 e. The van der Waals surface area contributed by atoms with E-state index < -0.39 is 9.84 Å². The molecule has 0 fully saturated rings. The predicted octanol–water partition coefficient (Wildman–Crippen LogP) is 3.59. The third-order valence-corrected chi connectivity index (χ3v) is 6.44. The summed E-state index contributed by atoms with van der Waals surface area (Å²) in [4.78, 5) is 14.3. The van der Waals surface area contributed by atoms with E-state index in [2.05, 4.69) is 62.3 Å². The molecule has 0 bridgehead atoms. The van der Waals surface area contributed by atoms with Gasteiger partial charge in [0.15, 0.2) is 0 Å². The van der Waals surface area contributed by atoms with E-state index >= 15 is 0 Å². The van der Waals surface area contributed by atoms with E-state index in [0.29, 0.717) is 13.0 Å². The van der Waals surface area contributed by atoms with Crippen molar-refractivity contribution >= 4 is 20.7 Å². The summed E-state index contributed by atoms with van der Waals surface area (Å²) in [7, 11) is -3.39. The second-order valence-electron chi connectivity index (χ2n) is 7.75. The number of rotatable bonds is 4. The van der Waals surface area contributed by atoms with E-state index in [1.165, 1.54) is 16.5 Å². The number of benzene rings is 2. The standard InChI is InChI=1S/C23H22N4O2S/c1-30(28,29)23-24-13-17-14-27(12-11-20(17)26-23)15-19-18-9-5-6-10-21(18)25-22(19)16-7-3-2-4-8-16/h2-10,13,25H,11-12,14-15H2,1H3. The zero-order valence-electron chi connectivity index (χ0n) is 16.7. The van der Waals surface area contributed by atoms with Gasteiger partial charge >= 0.3 is 0 Å². The number of aromatic nitrogens is 3. The van der Waals surface area contributed by atoms with Gasteiger partial charge in [-0.05, 0) is 17.2 Å². The van der Waals surface area contributed by atoms with E-state index in [1.54, 1.807) is 6.20 Å². The first-order valence-corrected chi connectivity index (χ1v) is 11.8. The van der Waals surface area contributed by atoms with Crippen molar-refractivity contribution in [3.8, 4) is 11.3 Å². The van der Waals surface area contributed by atoms with Gasteiger partial charge in [0.05, 0.1) is 11.4 Å². The Bertz CT molecular complexity index is 1330. The second kappa shape index (κ2) is 7.34. The first-order valence-electron chi connectivity index (χ1n) is 9.91. The average molecular weight is 419 g/mol. The minimum absolute atomic E-state index is 0.0855. The van der Waals surface area contributed by atoms with E-state index in [4.69, 9.17) is 0 Å². The Morgan fingerprint density at radius 3 is 2.63 bits per heavy atom. The molecule has 7 heteroatoms. The van der Waals surface area contributed by atoms with E-state index in [1.807, 2.05) is 12.1 Å². The van der Waals surface area contributed by atoms with Crippen LogP contribution in [0.25, 0.3) is 22.2 Å². The van der Waals surface area contributed by atoms with Gasteiger partial charge in [0, 0.05) is 55.0 Å². The number of fused-ring (bicyclic) bond motifs is 2. The number of sulfone groups is 1. The Kier molecular flexibility index (Phi) is 4.64. The van der Waals surface area contributed by atoms with Crippen LogP contribution in [0.3, 0.4) is 0 Å². The SMILES string of the molecule is CS(=O)(=O)c1ncc2c(n1)CCN(Cc1c(-c3ccccc3)[nH]c3ccccc13)C2. The maximum Gasteiger partial charge on any atom is 0.246 e. The minimum Gasteiger partial charge on any atom is -0.354 e. The van der Waals surface area contributed by atoms with E-state index in [-0.39, 0.29) is 5.16 Å². The molecule has 1 aliphatic rings. The number of H-pyrrole nitrogens is 1. The van der Waals surface area contributed by atoms with Crippen LogP contribution >= 0.6 is 0 Å². The van der Waals surface area contributed by atoms with E-state index in [9.17, 15) is 8.42 Å². The number of hydrogen-bond donors (Lipinski definition) is 1. The first kappa shape index (κ1) is 19.0. The van der Waals surface area contributed by atoms with Crippen molar-refractivity contribution in [3.05, 3.63) is 77.6 Å². The van der Waals surface area contributed by atoms with Crippen LogP contribution in [-0.2, 0) is 29.3 Å². The molecule has 1 N–H and O–H groups in total. The molecule has 0 unspecified atom stereocenters. The average Bonchev–Trinajstić information content (AvgIpc) is 3.12. The lowest BCUT2D eigenvalue weighted by molar-refractivity contribution is 0.243. The van der Waals surface area contributed by atoms with Crippen LogP contribution in [0.15, 0.2) is 66.0 Å². The maximum absolute atomic E-state index is 11.8. The van der Waals surface area contributed by atoms with Crippen molar-refractivity contribution in [1.82, 2.24) is 19.9 Å². The molecule has 0 atom stereocenters. The van der Waals surface area contributed by atoms with Crippen molar-refractivity contribution < 1.29 is 8.42 Å². The molecule has 0 saturated heterocycles. The Labute approximate surface area is 175 Å². The fraction of sp³-hybridized carbons (Fsp3) is 0.217. The Morgan fingerprint density at radius 1 is 1.07 bits per heavy atom. The lowest BCUT2D eigenvalue weighted by Gasteiger charge is -2.28. The van der Waals surface area contributed by atoms with Crippen molar-refractivity contribution in [2.24, 2.45) is 0 Å². The van der Waals surface area contributed by atoms with Crippen LogP contribution in [0.4, 0.5) is 0 Å². The third-order valence-electron chi connectivity index (χ3n) is 5.58. The predicted molar refractivity (Wildman–Crippen MR) is 117 cm³/mol. The molecule has 2 aromatic heterocycles. The highest BCUT2D eigenvalue weighted by Crippen LogP contribution is 2.32. The molecule has 3 heterocycles. The molecule has 152 valence electrons. The van der Waals surface area contributed by atoms with Gasteiger partial charge < -0.3 is 4.98 Å². The van der Waals surface area contributed by atoms with Gasteiger partial charge in [-0.25, -0.2) is 18.4 Å². The molecule has 0 spiro atoms. The van der Waals surface area contributed by atoms with Gasteiger partial charge in [-0.1, -0.05) is 48.5 Å². The number of nitrogens with zero attached hydrogens (tertiary/aromatic N) is 3. The van der Waals surface area contributed by atoms with Gasteiger partial charge in [-0.3, -0.25) is 4.90 Å². The summed E-state index contributed by atoms with van der Waals surface area (Å²) in [5, 5.41) is 1.14. The molecule has 0 amide bonds. The monoisotopic (exact) mass is 418 g/mol. The molecule has 2 aromatic carbocycles. The van der Waals surface area contributed by atoms with Gasteiger partial charge in [-0.2, -0.15) is 0 Å². The van der Waals surface area contributed by atoms with Crippen molar-refractivity contribution in [1.29, 1.82) is 0 Å². The van der Waals surface area contributed by atoms with Crippen molar-refractivity contribution in [3.63, 3.8) is 0 Å². The highest BCUT2D eigenvalue weighted by molar-refractivity contribution is 7.90. The van der Waals surface area contributed by atoms with Crippen LogP contribution in [-0.4, -0.2) is 41.1 Å². The number of para-hydroxylation sites is 1. The van der Waals surface area contributed by atoms with Crippen LogP contribution in [0.1, 0.15) is 16.8 Å². The van der Waals surface area contributed by atoms with Gasteiger partial charge in [-0.15, -0.1) is 0 Å². The lowest BCUT2D eigenvalue weighted by Crippen LogP contribution is -2.31. The maximum atomic E-state index is 11.8. The second-order valence-corrected chi connectivity index (χ2v) is 9.66. The number of hydrogen-bond acceptors (Lipinski definition) is 5. The Balaban J connectivity index is 1.48. The van der Waals surface area contributed by atoms with Gasteiger partial charge in [0.1, 0.15) is 0 Å². The molecular weight excluding hydrogens is 396 g/mol. The Morgan fingerprint density at radius 2 is 1.83 bits per heavy atom. The smallest absolute Gasteiger partial charge is 0.246 e. The fourth-order valence-corrected chi connectivity index (χ4v) is 4.63. The molecule has 0 aliphatic carbocycles. The highest BCUT2D eigenvalue weighted by Gasteiger charge is 2.23. The zero-order chi connectivity index (χ0) is 20.7. The molecular formula is C23H22N4O2S. The minimum atomic E-state index is -3.39. The summed E-state index contributed by atoms with van der Waals surface area (Å²) in [6.45, 7) is 2.32. The van der Waals surface area contributed by atoms with Crippen LogP contribution in [0, 0.1) is 0 Å².